The number of aromatic nitrogens is 1. The molecule has 0 spiro atoms. The maximum absolute atomic E-state index is 5.75. The van der Waals surface area contributed by atoms with Gasteiger partial charge in [0.25, 0.3) is 0 Å². The van der Waals surface area contributed by atoms with Crippen molar-refractivity contribution in [1.82, 2.24) is 20.3 Å². The predicted octanol–water partition coefficient (Wildman–Crippen LogP) is 2.02. The van der Waals surface area contributed by atoms with E-state index in [0.29, 0.717) is 0 Å². The van der Waals surface area contributed by atoms with E-state index in [0.717, 1.165) is 77.0 Å². The van der Waals surface area contributed by atoms with E-state index in [9.17, 15) is 0 Å². The van der Waals surface area contributed by atoms with Crippen LogP contribution in [-0.4, -0.2) is 73.9 Å². The maximum Gasteiger partial charge on any atom is 0.193 e. The molecule has 0 bridgehead atoms. The number of nitrogens with zero attached hydrogens (tertiary/aromatic N) is 4. The van der Waals surface area contributed by atoms with Gasteiger partial charge in [-0.1, -0.05) is 35.5 Å². The molecular formula is C21H31N5O2. The van der Waals surface area contributed by atoms with E-state index in [-0.39, 0.29) is 0 Å². The molecule has 1 aromatic carbocycles. The van der Waals surface area contributed by atoms with Crippen LogP contribution in [-0.2, 0) is 17.7 Å². The highest BCUT2D eigenvalue weighted by molar-refractivity contribution is 5.79. The minimum absolute atomic E-state index is 0.766. The maximum atomic E-state index is 5.75. The highest BCUT2D eigenvalue weighted by Gasteiger charge is 2.20. The van der Waals surface area contributed by atoms with Crippen LogP contribution in [0.1, 0.15) is 17.7 Å². The molecule has 2 heterocycles. The molecule has 0 unspecified atom stereocenters. The number of piperazine rings is 1. The van der Waals surface area contributed by atoms with Crippen LogP contribution in [0.2, 0.25) is 0 Å². The minimum atomic E-state index is 0.766. The molecule has 0 aliphatic carbocycles. The van der Waals surface area contributed by atoms with Gasteiger partial charge < -0.3 is 19.5 Å². The monoisotopic (exact) mass is 385 g/mol. The molecule has 1 N–H and O–H groups in total. The van der Waals surface area contributed by atoms with Crippen molar-refractivity contribution in [2.75, 3.05) is 53.0 Å². The van der Waals surface area contributed by atoms with Crippen LogP contribution < -0.4 is 5.32 Å². The Bertz CT molecular complexity index is 682. The zero-order valence-electron chi connectivity index (χ0n) is 16.7. The van der Waals surface area contributed by atoms with E-state index >= 15 is 0 Å². The second-order valence-electron chi connectivity index (χ2n) is 6.93. The molecule has 1 aliphatic rings. The van der Waals surface area contributed by atoms with E-state index in [4.69, 9.17) is 9.26 Å². The first-order valence-corrected chi connectivity index (χ1v) is 10.0. The Morgan fingerprint density at radius 1 is 1.14 bits per heavy atom. The number of benzene rings is 1. The third-order valence-electron chi connectivity index (χ3n) is 4.89. The van der Waals surface area contributed by atoms with Gasteiger partial charge in [0.05, 0.1) is 12.3 Å². The normalized spacial score (nSPS) is 15.8. The molecule has 152 valence electrons. The summed E-state index contributed by atoms with van der Waals surface area (Å²) in [6.45, 7) is 7.17. The largest absolute Gasteiger partial charge is 0.381 e. The molecule has 7 nitrogen and oxygen atoms in total. The first-order valence-electron chi connectivity index (χ1n) is 10.0. The lowest BCUT2D eigenvalue weighted by Gasteiger charge is -2.36. The average molecular weight is 386 g/mol. The first kappa shape index (κ1) is 20.4. The molecule has 1 aliphatic heterocycles. The summed E-state index contributed by atoms with van der Waals surface area (Å²) in [6.07, 6.45) is 3.57. The predicted molar refractivity (Wildman–Crippen MR) is 110 cm³/mol. The third-order valence-corrected chi connectivity index (χ3v) is 4.89. The van der Waals surface area contributed by atoms with E-state index < -0.39 is 0 Å². The van der Waals surface area contributed by atoms with Gasteiger partial charge in [-0.05, 0) is 18.4 Å². The summed E-state index contributed by atoms with van der Waals surface area (Å²) in [6, 6.07) is 12.4. The first-order chi connectivity index (χ1) is 13.8. The van der Waals surface area contributed by atoms with Crippen LogP contribution in [0.5, 0.6) is 0 Å². The van der Waals surface area contributed by atoms with Crippen molar-refractivity contribution in [1.29, 1.82) is 0 Å². The zero-order valence-corrected chi connectivity index (χ0v) is 16.7. The van der Waals surface area contributed by atoms with E-state index in [1.54, 1.807) is 6.26 Å². The quantitative estimate of drug-likeness (QED) is 0.405. The molecule has 2 aromatic rings. The van der Waals surface area contributed by atoms with Crippen molar-refractivity contribution in [2.45, 2.75) is 19.4 Å². The molecule has 1 aromatic heterocycles. The van der Waals surface area contributed by atoms with Gasteiger partial charge in [0.15, 0.2) is 5.96 Å². The summed E-state index contributed by atoms with van der Waals surface area (Å²) >= 11 is 0. The fourth-order valence-corrected chi connectivity index (χ4v) is 3.31. The van der Waals surface area contributed by atoms with Gasteiger partial charge in [-0.15, -0.1) is 0 Å². The standard InChI is InChI=1S/C21H31N5O2/c1-22-21(23-10-5-15-27-16-8-19-6-3-2-4-7-19)26-13-11-25(12-14-26)18-20-9-17-28-24-20/h2-4,6-7,9,17H,5,8,10-16,18H2,1H3,(H,22,23). The van der Waals surface area contributed by atoms with E-state index in [1.165, 1.54) is 5.56 Å². The van der Waals surface area contributed by atoms with Crippen molar-refractivity contribution in [3.05, 3.63) is 53.9 Å². The van der Waals surface area contributed by atoms with Gasteiger partial charge in [0.2, 0.25) is 0 Å². The molecule has 1 saturated heterocycles. The Kier molecular flexibility index (Phi) is 8.33. The molecule has 28 heavy (non-hydrogen) atoms. The Morgan fingerprint density at radius 3 is 2.68 bits per heavy atom. The summed E-state index contributed by atoms with van der Waals surface area (Å²) in [5, 5.41) is 7.45. The fourth-order valence-electron chi connectivity index (χ4n) is 3.31. The van der Waals surface area contributed by atoms with Gasteiger partial charge in [-0.2, -0.15) is 0 Å². The van der Waals surface area contributed by atoms with Crippen LogP contribution in [0.4, 0.5) is 0 Å². The summed E-state index contributed by atoms with van der Waals surface area (Å²) in [5.74, 6) is 0.977. The summed E-state index contributed by atoms with van der Waals surface area (Å²) in [5.41, 5.74) is 2.31. The molecule has 0 amide bonds. The molecule has 0 saturated carbocycles. The summed E-state index contributed by atoms with van der Waals surface area (Å²) < 4.78 is 10.7. The fraction of sp³-hybridized carbons (Fsp3) is 0.524. The summed E-state index contributed by atoms with van der Waals surface area (Å²) in [7, 11) is 1.85. The number of aliphatic imine (C=N–C) groups is 1. The zero-order chi connectivity index (χ0) is 19.4. The molecular weight excluding hydrogens is 354 g/mol. The highest BCUT2D eigenvalue weighted by atomic mass is 16.5. The van der Waals surface area contributed by atoms with Crippen LogP contribution in [0.15, 0.2) is 52.2 Å². The molecule has 1 fully saturated rings. The molecule has 0 radical (unpaired) electrons. The SMILES string of the molecule is CN=C(NCCCOCCc1ccccc1)N1CCN(Cc2ccon2)CC1. The van der Waals surface area contributed by atoms with Crippen LogP contribution in [0.25, 0.3) is 0 Å². The lowest BCUT2D eigenvalue weighted by molar-refractivity contribution is 0.135. The van der Waals surface area contributed by atoms with E-state index in [2.05, 4.69) is 49.5 Å². The Labute approximate surface area is 167 Å². The summed E-state index contributed by atoms with van der Waals surface area (Å²) in [4.78, 5) is 9.14. The van der Waals surface area contributed by atoms with Crippen molar-refractivity contribution >= 4 is 5.96 Å². The van der Waals surface area contributed by atoms with Crippen molar-refractivity contribution < 1.29 is 9.26 Å². The van der Waals surface area contributed by atoms with Crippen LogP contribution >= 0.6 is 0 Å². The lowest BCUT2D eigenvalue weighted by Crippen LogP contribution is -2.52. The topological polar surface area (TPSA) is 66.1 Å². The third kappa shape index (κ3) is 6.65. The number of guanidine groups is 1. The van der Waals surface area contributed by atoms with Gasteiger partial charge >= 0.3 is 0 Å². The number of hydrogen-bond acceptors (Lipinski definition) is 5. The van der Waals surface area contributed by atoms with Crippen molar-refractivity contribution in [3.63, 3.8) is 0 Å². The van der Waals surface area contributed by atoms with Gasteiger partial charge in [0, 0.05) is 59.0 Å². The second-order valence-corrected chi connectivity index (χ2v) is 6.93. The average Bonchev–Trinajstić information content (AvgIpc) is 3.25. The van der Waals surface area contributed by atoms with Gasteiger partial charge in [-0.25, -0.2) is 0 Å². The van der Waals surface area contributed by atoms with Crippen molar-refractivity contribution in [3.8, 4) is 0 Å². The molecule has 0 atom stereocenters. The number of nitrogens with one attached hydrogen (secondary N) is 1. The highest BCUT2D eigenvalue weighted by Crippen LogP contribution is 2.07. The molecule has 3 rings (SSSR count). The van der Waals surface area contributed by atoms with Crippen molar-refractivity contribution in [2.24, 2.45) is 4.99 Å². The second kappa shape index (κ2) is 11.5. The number of ether oxygens (including phenoxy) is 1. The smallest absolute Gasteiger partial charge is 0.193 e. The Hall–Kier alpha value is -2.38. The minimum Gasteiger partial charge on any atom is -0.381 e. The van der Waals surface area contributed by atoms with Crippen LogP contribution in [0, 0.1) is 0 Å². The number of rotatable bonds is 9. The van der Waals surface area contributed by atoms with Crippen LogP contribution in [0.3, 0.4) is 0 Å². The Morgan fingerprint density at radius 2 is 1.96 bits per heavy atom. The Balaban J connectivity index is 1.25. The van der Waals surface area contributed by atoms with Gasteiger partial charge in [0.1, 0.15) is 6.26 Å². The molecule has 7 heteroatoms. The van der Waals surface area contributed by atoms with E-state index in [1.807, 2.05) is 19.2 Å². The number of hydrogen-bond donors (Lipinski definition) is 1. The lowest BCUT2D eigenvalue weighted by atomic mass is 10.2. The van der Waals surface area contributed by atoms with Gasteiger partial charge in [-0.3, -0.25) is 9.89 Å².